The van der Waals surface area contributed by atoms with Gasteiger partial charge < -0.3 is 4.57 Å². The molecule has 0 atom stereocenters. The molecule has 0 unspecified atom stereocenters. The number of carbonyl (C=O) groups excluding carboxylic acids is 2. The predicted molar refractivity (Wildman–Crippen MR) is 123 cm³/mol. The lowest BCUT2D eigenvalue weighted by Gasteiger charge is -2.19. The normalized spacial score (nSPS) is 13.8. The molecular weight excluding hydrogens is 441 g/mol. The van der Waals surface area contributed by atoms with Gasteiger partial charge in [0, 0.05) is 10.8 Å². The first-order chi connectivity index (χ1) is 16.4. The van der Waals surface area contributed by atoms with E-state index in [1.807, 2.05) is 53.1 Å². The number of hydrogen-bond donors (Lipinski definition) is 0. The summed E-state index contributed by atoms with van der Waals surface area (Å²) in [6.45, 7) is 0. The van der Waals surface area contributed by atoms with Gasteiger partial charge in [-0.3, -0.25) is 9.59 Å². The number of hydrogen-bond acceptors (Lipinski definition) is 2. The van der Waals surface area contributed by atoms with Gasteiger partial charge in [-0.2, -0.15) is 13.2 Å². The van der Waals surface area contributed by atoms with Gasteiger partial charge in [0.05, 0.1) is 39.1 Å². The molecule has 4 nitrogen and oxygen atoms in total. The minimum atomic E-state index is -4.72. The van der Waals surface area contributed by atoms with Crippen molar-refractivity contribution in [2.45, 2.75) is 6.18 Å². The monoisotopic (exact) mass is 456 g/mol. The number of benzene rings is 4. The number of imide groups is 1. The minimum absolute atomic E-state index is 0.0707. The lowest BCUT2D eigenvalue weighted by atomic mass is 10.1. The standard InChI is InChI=1S/C27H15F3N2O2/c28-27(29,30)19-11-3-6-14-22(19)32-25(33)18-10-7-15-23(24(18)26(32)34)31-20-12-4-1-8-16(20)17-9-2-5-13-21(17)31/h1-15H. The Morgan fingerprint density at radius 2 is 1.15 bits per heavy atom. The average Bonchev–Trinajstić information content (AvgIpc) is 3.30. The van der Waals surface area contributed by atoms with Gasteiger partial charge in [-0.1, -0.05) is 54.6 Å². The molecule has 2 heterocycles. The van der Waals surface area contributed by atoms with Crippen molar-refractivity contribution < 1.29 is 22.8 Å². The zero-order valence-corrected chi connectivity index (χ0v) is 17.5. The van der Waals surface area contributed by atoms with Crippen LogP contribution in [0.4, 0.5) is 18.9 Å². The maximum atomic E-state index is 13.7. The fourth-order valence-corrected chi connectivity index (χ4v) is 4.76. The van der Waals surface area contributed by atoms with Crippen LogP contribution < -0.4 is 4.90 Å². The molecule has 2 amide bonds. The average molecular weight is 456 g/mol. The Labute approximate surface area is 191 Å². The molecule has 1 aromatic heterocycles. The second kappa shape index (κ2) is 7.05. The molecule has 1 aliphatic rings. The van der Waals surface area contributed by atoms with Crippen LogP contribution in [0.5, 0.6) is 0 Å². The first-order valence-electron chi connectivity index (χ1n) is 10.5. The fourth-order valence-electron chi connectivity index (χ4n) is 4.76. The Bertz CT molecular complexity index is 1600. The Balaban J connectivity index is 1.62. The fraction of sp³-hybridized carbons (Fsp3) is 0.0370. The number of carbonyl (C=O) groups is 2. The highest BCUT2D eigenvalue weighted by Gasteiger charge is 2.43. The maximum absolute atomic E-state index is 13.7. The maximum Gasteiger partial charge on any atom is 0.418 e. The van der Waals surface area contributed by atoms with Crippen molar-refractivity contribution in [3.05, 3.63) is 108 Å². The molecule has 5 aromatic rings. The van der Waals surface area contributed by atoms with Crippen LogP contribution >= 0.6 is 0 Å². The summed E-state index contributed by atoms with van der Waals surface area (Å²) in [5.74, 6) is -1.56. The van der Waals surface area contributed by atoms with E-state index in [0.717, 1.165) is 33.9 Å². The number of alkyl halides is 3. The minimum Gasteiger partial charge on any atom is -0.308 e. The predicted octanol–water partition coefficient (Wildman–Crippen LogP) is 6.60. The van der Waals surface area contributed by atoms with Crippen LogP contribution in [-0.4, -0.2) is 16.4 Å². The molecule has 1 aliphatic heterocycles. The van der Waals surface area contributed by atoms with E-state index in [1.54, 1.807) is 12.1 Å². The molecule has 4 aromatic carbocycles. The third kappa shape index (κ3) is 2.73. The molecule has 7 heteroatoms. The zero-order chi connectivity index (χ0) is 23.6. The van der Waals surface area contributed by atoms with Crippen molar-refractivity contribution in [1.82, 2.24) is 4.57 Å². The van der Waals surface area contributed by atoms with Crippen LogP contribution in [-0.2, 0) is 6.18 Å². The summed E-state index contributed by atoms with van der Waals surface area (Å²) in [6.07, 6.45) is -4.72. The third-order valence-corrected chi connectivity index (χ3v) is 6.16. The van der Waals surface area contributed by atoms with Crippen LogP contribution in [0.15, 0.2) is 91.0 Å². The Hall–Kier alpha value is -4.39. The number of para-hydroxylation sites is 3. The van der Waals surface area contributed by atoms with E-state index >= 15 is 0 Å². The van der Waals surface area contributed by atoms with E-state index in [0.29, 0.717) is 10.6 Å². The Morgan fingerprint density at radius 1 is 0.588 bits per heavy atom. The molecule has 6 rings (SSSR count). The van der Waals surface area contributed by atoms with E-state index in [1.165, 1.54) is 18.2 Å². The van der Waals surface area contributed by atoms with Crippen LogP contribution in [0.25, 0.3) is 27.5 Å². The summed E-state index contributed by atoms with van der Waals surface area (Å²) in [4.78, 5) is 27.5. The second-order valence-corrected chi connectivity index (χ2v) is 8.03. The van der Waals surface area contributed by atoms with Crippen molar-refractivity contribution in [3.8, 4) is 5.69 Å². The lowest BCUT2D eigenvalue weighted by molar-refractivity contribution is -0.137. The summed E-state index contributed by atoms with van der Waals surface area (Å²) in [5.41, 5.74) is 0.729. The van der Waals surface area contributed by atoms with Gasteiger partial charge >= 0.3 is 6.18 Å². The third-order valence-electron chi connectivity index (χ3n) is 6.16. The van der Waals surface area contributed by atoms with Gasteiger partial charge in [-0.05, 0) is 36.4 Å². The molecule has 0 aliphatic carbocycles. The number of aromatic nitrogens is 1. The number of anilines is 1. The second-order valence-electron chi connectivity index (χ2n) is 8.03. The van der Waals surface area contributed by atoms with Gasteiger partial charge in [0.15, 0.2) is 0 Å². The smallest absolute Gasteiger partial charge is 0.308 e. The number of halogens is 3. The van der Waals surface area contributed by atoms with E-state index in [2.05, 4.69) is 0 Å². The van der Waals surface area contributed by atoms with Gasteiger partial charge in [0.1, 0.15) is 0 Å². The van der Waals surface area contributed by atoms with E-state index in [-0.39, 0.29) is 11.1 Å². The lowest BCUT2D eigenvalue weighted by Crippen LogP contribution is -2.31. The van der Waals surface area contributed by atoms with Crippen LogP contribution in [0.2, 0.25) is 0 Å². The summed E-state index contributed by atoms with van der Waals surface area (Å²) in [6, 6.07) is 24.8. The summed E-state index contributed by atoms with van der Waals surface area (Å²) >= 11 is 0. The van der Waals surface area contributed by atoms with Crippen LogP contribution in [0.3, 0.4) is 0 Å². The van der Waals surface area contributed by atoms with Crippen LogP contribution in [0, 0.1) is 0 Å². The number of fused-ring (bicyclic) bond motifs is 4. The zero-order valence-electron chi connectivity index (χ0n) is 17.5. The van der Waals surface area contributed by atoms with E-state index in [9.17, 15) is 22.8 Å². The summed E-state index contributed by atoms with van der Waals surface area (Å²) in [7, 11) is 0. The Morgan fingerprint density at radius 3 is 1.79 bits per heavy atom. The van der Waals surface area contributed by atoms with Gasteiger partial charge in [-0.15, -0.1) is 0 Å². The van der Waals surface area contributed by atoms with Crippen molar-refractivity contribution in [3.63, 3.8) is 0 Å². The highest BCUT2D eigenvalue weighted by molar-refractivity contribution is 6.36. The SMILES string of the molecule is O=C1c2cccc(-n3c4ccccc4c4ccccc43)c2C(=O)N1c1ccccc1C(F)(F)F. The first kappa shape index (κ1) is 20.2. The molecular formula is C27H15F3N2O2. The molecule has 0 N–H and O–H groups in total. The molecule has 34 heavy (non-hydrogen) atoms. The summed E-state index contributed by atoms with van der Waals surface area (Å²) in [5, 5.41) is 1.93. The molecule has 0 spiro atoms. The molecule has 0 saturated carbocycles. The Kier molecular flexibility index (Phi) is 4.20. The highest BCUT2D eigenvalue weighted by atomic mass is 19.4. The molecule has 0 bridgehead atoms. The van der Waals surface area contributed by atoms with Gasteiger partial charge in [-0.25, -0.2) is 4.90 Å². The number of amides is 2. The number of nitrogens with zero attached hydrogens (tertiary/aromatic N) is 2. The molecule has 0 fully saturated rings. The van der Waals surface area contributed by atoms with E-state index < -0.39 is 29.2 Å². The van der Waals surface area contributed by atoms with Crippen molar-refractivity contribution in [2.24, 2.45) is 0 Å². The van der Waals surface area contributed by atoms with Gasteiger partial charge in [0.2, 0.25) is 0 Å². The van der Waals surface area contributed by atoms with Crippen molar-refractivity contribution in [1.29, 1.82) is 0 Å². The largest absolute Gasteiger partial charge is 0.418 e. The first-order valence-corrected chi connectivity index (χ1v) is 10.5. The molecule has 0 radical (unpaired) electrons. The summed E-state index contributed by atoms with van der Waals surface area (Å²) < 4.78 is 42.9. The molecule has 0 saturated heterocycles. The highest BCUT2D eigenvalue weighted by Crippen LogP contribution is 2.41. The molecule has 166 valence electrons. The number of rotatable bonds is 2. The van der Waals surface area contributed by atoms with Crippen molar-refractivity contribution >= 4 is 39.3 Å². The quantitative estimate of drug-likeness (QED) is 0.281. The van der Waals surface area contributed by atoms with Crippen LogP contribution in [0.1, 0.15) is 26.3 Å². The van der Waals surface area contributed by atoms with E-state index in [4.69, 9.17) is 0 Å². The van der Waals surface area contributed by atoms with Gasteiger partial charge in [0.25, 0.3) is 11.8 Å². The van der Waals surface area contributed by atoms with Crippen molar-refractivity contribution in [2.75, 3.05) is 4.90 Å². The topological polar surface area (TPSA) is 42.3 Å².